The normalized spacial score (nSPS) is 11.4. The largest absolute Gasteiger partial charge is 0.399 e. The number of carbonyl (C=O) groups excluding carboxylic acids is 1. The van der Waals surface area contributed by atoms with Crippen molar-refractivity contribution >= 4 is 17.3 Å². The van der Waals surface area contributed by atoms with E-state index in [9.17, 15) is 4.79 Å². The summed E-state index contributed by atoms with van der Waals surface area (Å²) in [4.78, 5) is 11.8. The van der Waals surface area contributed by atoms with Gasteiger partial charge in [-0.1, -0.05) is 6.07 Å². The van der Waals surface area contributed by atoms with E-state index < -0.39 is 0 Å². The van der Waals surface area contributed by atoms with Crippen LogP contribution in [0.5, 0.6) is 0 Å². The Kier molecular flexibility index (Phi) is 6.65. The Morgan fingerprint density at radius 3 is 2.62 bits per heavy atom. The zero-order valence-electron chi connectivity index (χ0n) is 13.4. The van der Waals surface area contributed by atoms with Gasteiger partial charge in [-0.3, -0.25) is 4.79 Å². The molecule has 0 aromatic heterocycles. The van der Waals surface area contributed by atoms with Crippen molar-refractivity contribution in [2.45, 2.75) is 39.7 Å². The fraction of sp³-hybridized carbons (Fsp3) is 0.562. The van der Waals surface area contributed by atoms with E-state index in [0.717, 1.165) is 11.3 Å². The minimum absolute atomic E-state index is 0.0829. The van der Waals surface area contributed by atoms with Gasteiger partial charge in [0, 0.05) is 11.4 Å². The molecule has 0 heterocycles. The Morgan fingerprint density at radius 2 is 1.95 bits per heavy atom. The molecule has 118 valence electrons. The van der Waals surface area contributed by atoms with Gasteiger partial charge < -0.3 is 20.5 Å². The van der Waals surface area contributed by atoms with E-state index in [2.05, 4.69) is 5.32 Å². The highest BCUT2D eigenvalue weighted by atomic mass is 16.5. The van der Waals surface area contributed by atoms with Crippen LogP contribution in [0.4, 0.5) is 11.4 Å². The van der Waals surface area contributed by atoms with E-state index in [0.29, 0.717) is 31.9 Å². The molecule has 0 saturated heterocycles. The Balaban J connectivity index is 2.21. The fourth-order valence-corrected chi connectivity index (χ4v) is 1.66. The van der Waals surface area contributed by atoms with Crippen LogP contribution in [-0.2, 0) is 14.3 Å². The maximum atomic E-state index is 11.8. The lowest BCUT2D eigenvalue weighted by molar-refractivity contribution is -0.117. The molecule has 3 N–H and O–H groups in total. The predicted molar refractivity (Wildman–Crippen MR) is 85.4 cm³/mol. The number of carbonyl (C=O) groups is 1. The zero-order valence-corrected chi connectivity index (χ0v) is 13.4. The molecule has 5 nitrogen and oxygen atoms in total. The summed E-state index contributed by atoms with van der Waals surface area (Å²) in [5.74, 6) is -0.0829. The van der Waals surface area contributed by atoms with Gasteiger partial charge in [0.25, 0.3) is 0 Å². The number of rotatable bonds is 7. The number of nitrogens with one attached hydrogen (secondary N) is 1. The lowest BCUT2D eigenvalue weighted by Gasteiger charge is -2.19. The van der Waals surface area contributed by atoms with Gasteiger partial charge in [0.15, 0.2) is 0 Å². The average molecular weight is 294 g/mol. The highest BCUT2D eigenvalue weighted by molar-refractivity contribution is 5.92. The summed E-state index contributed by atoms with van der Waals surface area (Å²) in [5, 5.41) is 2.84. The molecule has 0 aliphatic carbocycles. The first-order valence-corrected chi connectivity index (χ1v) is 7.15. The summed E-state index contributed by atoms with van der Waals surface area (Å²) in [6.45, 7) is 9.30. The predicted octanol–water partition coefficient (Wildman–Crippen LogP) is 2.74. The van der Waals surface area contributed by atoms with Crippen molar-refractivity contribution in [3.8, 4) is 0 Å². The molecule has 0 fully saturated rings. The van der Waals surface area contributed by atoms with Crippen LogP contribution in [0.25, 0.3) is 0 Å². The third-order valence-electron chi connectivity index (χ3n) is 2.77. The molecule has 0 spiro atoms. The van der Waals surface area contributed by atoms with Crippen molar-refractivity contribution in [1.82, 2.24) is 0 Å². The number of nitrogen functional groups attached to an aromatic ring is 1. The summed E-state index contributed by atoms with van der Waals surface area (Å²) < 4.78 is 10.9. The van der Waals surface area contributed by atoms with Gasteiger partial charge in [0.2, 0.25) is 5.91 Å². The third-order valence-corrected chi connectivity index (χ3v) is 2.77. The van der Waals surface area contributed by atoms with Crippen molar-refractivity contribution in [3.05, 3.63) is 23.8 Å². The van der Waals surface area contributed by atoms with E-state index in [1.54, 1.807) is 6.07 Å². The summed E-state index contributed by atoms with van der Waals surface area (Å²) in [5.41, 5.74) is 7.90. The number of amides is 1. The SMILES string of the molecule is Cc1ccc(N)cc1NC(=O)CCOCCOC(C)(C)C. The second-order valence-electron chi connectivity index (χ2n) is 5.95. The van der Waals surface area contributed by atoms with Gasteiger partial charge in [-0.05, 0) is 45.4 Å². The van der Waals surface area contributed by atoms with Crippen LogP contribution in [0.2, 0.25) is 0 Å². The Bertz CT molecular complexity index is 467. The van der Waals surface area contributed by atoms with Gasteiger partial charge in [-0.2, -0.15) is 0 Å². The Morgan fingerprint density at radius 1 is 1.24 bits per heavy atom. The molecular formula is C16H26N2O3. The van der Waals surface area contributed by atoms with Crippen molar-refractivity contribution in [3.63, 3.8) is 0 Å². The molecule has 0 unspecified atom stereocenters. The van der Waals surface area contributed by atoms with Crippen LogP contribution < -0.4 is 11.1 Å². The molecule has 1 aromatic carbocycles. The molecule has 5 heteroatoms. The lowest BCUT2D eigenvalue weighted by atomic mass is 10.2. The summed E-state index contributed by atoms with van der Waals surface area (Å²) in [6, 6.07) is 5.44. The van der Waals surface area contributed by atoms with Crippen LogP contribution in [0.1, 0.15) is 32.8 Å². The van der Waals surface area contributed by atoms with Gasteiger partial charge in [0.1, 0.15) is 0 Å². The molecule has 1 aromatic rings. The second-order valence-corrected chi connectivity index (χ2v) is 5.95. The molecule has 0 saturated carbocycles. The second kappa shape index (κ2) is 8.00. The van der Waals surface area contributed by atoms with E-state index in [4.69, 9.17) is 15.2 Å². The number of aryl methyl sites for hydroxylation is 1. The highest BCUT2D eigenvalue weighted by Crippen LogP contribution is 2.18. The summed E-state index contributed by atoms with van der Waals surface area (Å²) in [6.07, 6.45) is 0.309. The minimum atomic E-state index is -0.161. The fourth-order valence-electron chi connectivity index (χ4n) is 1.66. The van der Waals surface area contributed by atoms with E-state index in [-0.39, 0.29) is 11.5 Å². The minimum Gasteiger partial charge on any atom is -0.399 e. The summed E-state index contributed by atoms with van der Waals surface area (Å²) in [7, 11) is 0. The van der Waals surface area contributed by atoms with Gasteiger partial charge in [-0.25, -0.2) is 0 Å². The molecule has 21 heavy (non-hydrogen) atoms. The van der Waals surface area contributed by atoms with Crippen LogP contribution in [0, 0.1) is 6.92 Å². The molecule has 0 aliphatic rings. The van der Waals surface area contributed by atoms with Crippen molar-refractivity contribution in [1.29, 1.82) is 0 Å². The van der Waals surface area contributed by atoms with Gasteiger partial charge >= 0.3 is 0 Å². The number of benzene rings is 1. The van der Waals surface area contributed by atoms with Crippen molar-refractivity contribution < 1.29 is 14.3 Å². The maximum absolute atomic E-state index is 11.8. The molecule has 0 bridgehead atoms. The number of anilines is 2. The van der Waals surface area contributed by atoms with Crippen molar-refractivity contribution in [2.75, 3.05) is 30.9 Å². The molecule has 0 atom stereocenters. The van der Waals surface area contributed by atoms with Crippen LogP contribution in [0.3, 0.4) is 0 Å². The topological polar surface area (TPSA) is 73.6 Å². The average Bonchev–Trinajstić information content (AvgIpc) is 2.37. The monoisotopic (exact) mass is 294 g/mol. The number of hydrogen-bond acceptors (Lipinski definition) is 4. The number of nitrogens with two attached hydrogens (primary N) is 1. The molecule has 0 radical (unpaired) electrons. The molecular weight excluding hydrogens is 268 g/mol. The first-order valence-electron chi connectivity index (χ1n) is 7.15. The smallest absolute Gasteiger partial charge is 0.226 e. The van der Waals surface area contributed by atoms with E-state index in [1.807, 2.05) is 39.8 Å². The lowest BCUT2D eigenvalue weighted by Crippen LogP contribution is -2.22. The third kappa shape index (κ3) is 7.68. The van der Waals surface area contributed by atoms with Gasteiger partial charge in [-0.15, -0.1) is 0 Å². The highest BCUT2D eigenvalue weighted by Gasteiger charge is 2.09. The molecule has 0 aliphatic heterocycles. The zero-order chi connectivity index (χ0) is 15.9. The Labute approximate surface area is 126 Å². The Hall–Kier alpha value is -1.59. The van der Waals surface area contributed by atoms with Crippen LogP contribution >= 0.6 is 0 Å². The van der Waals surface area contributed by atoms with E-state index >= 15 is 0 Å². The number of hydrogen-bond donors (Lipinski definition) is 2. The summed E-state index contributed by atoms with van der Waals surface area (Å²) >= 11 is 0. The number of ether oxygens (including phenoxy) is 2. The standard InChI is InChI=1S/C16H26N2O3/c1-12-5-6-13(17)11-14(12)18-15(19)7-8-20-9-10-21-16(2,3)4/h5-6,11H,7-10,17H2,1-4H3,(H,18,19). The first-order chi connectivity index (χ1) is 9.78. The van der Waals surface area contributed by atoms with Crippen LogP contribution in [-0.4, -0.2) is 31.3 Å². The molecule has 1 rings (SSSR count). The quantitative estimate of drug-likeness (QED) is 0.599. The van der Waals surface area contributed by atoms with Crippen molar-refractivity contribution in [2.24, 2.45) is 0 Å². The van der Waals surface area contributed by atoms with E-state index in [1.165, 1.54) is 0 Å². The van der Waals surface area contributed by atoms with Gasteiger partial charge in [0.05, 0.1) is 31.8 Å². The van der Waals surface area contributed by atoms with Crippen LogP contribution in [0.15, 0.2) is 18.2 Å². The molecule has 1 amide bonds. The maximum Gasteiger partial charge on any atom is 0.226 e. The first kappa shape index (κ1) is 17.5.